The maximum Gasteiger partial charge on any atom is 0.262 e. The largest absolute Gasteiger partial charge is 0.326 e. The van der Waals surface area contributed by atoms with Crippen LogP contribution >= 0.6 is 11.8 Å². The van der Waals surface area contributed by atoms with Crippen molar-refractivity contribution in [2.24, 2.45) is 0 Å². The Morgan fingerprint density at radius 1 is 1.03 bits per heavy atom. The SMILES string of the molecule is CCCC(=O)Nc1ccc(C(=O)CSc2nc3ccccc3c(=O)n2CCCN(CC)CC)cc1. The van der Waals surface area contributed by atoms with Gasteiger partial charge in [-0.25, -0.2) is 4.98 Å². The number of carbonyl (C=O) groups excluding carboxylic acids is 2. The van der Waals surface area contributed by atoms with E-state index in [0.29, 0.717) is 40.3 Å². The maximum absolute atomic E-state index is 13.2. The zero-order chi connectivity index (χ0) is 25.2. The van der Waals surface area contributed by atoms with E-state index in [1.165, 1.54) is 11.8 Å². The lowest BCUT2D eigenvalue weighted by molar-refractivity contribution is -0.116. The van der Waals surface area contributed by atoms with Crippen molar-refractivity contribution in [2.75, 3.05) is 30.7 Å². The van der Waals surface area contributed by atoms with Gasteiger partial charge in [0, 0.05) is 24.2 Å². The van der Waals surface area contributed by atoms with Gasteiger partial charge in [-0.2, -0.15) is 0 Å². The molecule has 0 bridgehead atoms. The van der Waals surface area contributed by atoms with E-state index in [0.717, 1.165) is 32.5 Å². The Morgan fingerprint density at radius 2 is 1.74 bits per heavy atom. The van der Waals surface area contributed by atoms with Gasteiger partial charge in [0.2, 0.25) is 5.91 Å². The van der Waals surface area contributed by atoms with Crippen LogP contribution in [0.25, 0.3) is 10.9 Å². The normalized spacial score (nSPS) is 11.2. The highest BCUT2D eigenvalue weighted by Crippen LogP contribution is 2.20. The van der Waals surface area contributed by atoms with E-state index in [4.69, 9.17) is 4.98 Å². The van der Waals surface area contributed by atoms with E-state index in [1.807, 2.05) is 25.1 Å². The van der Waals surface area contributed by atoms with Crippen molar-refractivity contribution in [2.45, 2.75) is 51.7 Å². The molecule has 0 aliphatic heterocycles. The number of anilines is 1. The number of aromatic nitrogens is 2. The van der Waals surface area contributed by atoms with Crippen molar-refractivity contribution >= 4 is 40.0 Å². The predicted octanol–water partition coefficient (Wildman–Crippen LogP) is 4.84. The molecule has 0 unspecified atom stereocenters. The molecule has 1 aromatic heterocycles. The second kappa shape index (κ2) is 13.2. The van der Waals surface area contributed by atoms with Crippen molar-refractivity contribution < 1.29 is 9.59 Å². The Labute approximate surface area is 210 Å². The number of hydrogen-bond acceptors (Lipinski definition) is 6. The summed E-state index contributed by atoms with van der Waals surface area (Å²) in [6.07, 6.45) is 2.07. The van der Waals surface area contributed by atoms with Crippen LogP contribution in [0.15, 0.2) is 58.5 Å². The molecule has 186 valence electrons. The number of amides is 1. The molecular weight excluding hydrogens is 460 g/mol. The minimum atomic E-state index is -0.0720. The molecule has 0 aliphatic carbocycles. The number of hydrogen-bond donors (Lipinski definition) is 1. The summed E-state index contributed by atoms with van der Waals surface area (Å²) in [7, 11) is 0. The second-order valence-corrected chi connectivity index (χ2v) is 9.28. The van der Waals surface area contributed by atoms with Crippen LogP contribution in [-0.4, -0.2) is 51.5 Å². The highest BCUT2D eigenvalue weighted by molar-refractivity contribution is 7.99. The zero-order valence-electron chi connectivity index (χ0n) is 20.8. The third-order valence-corrected chi connectivity index (χ3v) is 6.85. The molecule has 3 aromatic rings. The van der Waals surface area contributed by atoms with Crippen molar-refractivity contribution in [3.05, 3.63) is 64.4 Å². The molecular formula is C27H34N4O3S. The molecule has 0 aliphatic rings. The number of fused-ring (bicyclic) bond motifs is 1. The minimum Gasteiger partial charge on any atom is -0.326 e. The molecule has 1 heterocycles. The zero-order valence-corrected chi connectivity index (χ0v) is 21.6. The van der Waals surface area contributed by atoms with Crippen molar-refractivity contribution in [3.63, 3.8) is 0 Å². The highest BCUT2D eigenvalue weighted by Gasteiger charge is 2.15. The first kappa shape index (κ1) is 26.6. The number of nitrogens with one attached hydrogen (secondary N) is 1. The summed E-state index contributed by atoms with van der Waals surface area (Å²) >= 11 is 1.29. The van der Waals surface area contributed by atoms with Gasteiger partial charge in [0.1, 0.15) is 0 Å². The summed E-state index contributed by atoms with van der Waals surface area (Å²) in [5.74, 6) is 0.0737. The van der Waals surface area contributed by atoms with Gasteiger partial charge in [-0.3, -0.25) is 19.0 Å². The summed E-state index contributed by atoms with van der Waals surface area (Å²) in [6.45, 7) is 9.61. The van der Waals surface area contributed by atoms with Crippen LogP contribution < -0.4 is 10.9 Å². The van der Waals surface area contributed by atoms with Crippen LogP contribution in [0.2, 0.25) is 0 Å². The van der Waals surface area contributed by atoms with Gasteiger partial charge in [-0.15, -0.1) is 0 Å². The monoisotopic (exact) mass is 494 g/mol. The first-order chi connectivity index (χ1) is 17.0. The lowest BCUT2D eigenvalue weighted by Gasteiger charge is -2.19. The number of thioether (sulfide) groups is 1. The lowest BCUT2D eigenvalue weighted by Crippen LogP contribution is -2.28. The number of benzene rings is 2. The fourth-order valence-corrected chi connectivity index (χ4v) is 4.77. The summed E-state index contributed by atoms with van der Waals surface area (Å²) in [4.78, 5) is 44.9. The number of Topliss-reactive ketones (excluding diaryl/α,β-unsaturated/α-hetero) is 1. The number of para-hydroxylation sites is 1. The Kier molecular flexibility index (Phi) is 10.0. The smallest absolute Gasteiger partial charge is 0.262 e. The fraction of sp³-hybridized carbons (Fsp3) is 0.407. The molecule has 0 fully saturated rings. The summed E-state index contributed by atoms with van der Waals surface area (Å²) in [6, 6.07) is 14.2. The van der Waals surface area contributed by atoms with Crippen LogP contribution in [0, 0.1) is 0 Å². The Hall–Kier alpha value is -2.97. The molecule has 1 N–H and O–H groups in total. The second-order valence-electron chi connectivity index (χ2n) is 8.34. The van der Waals surface area contributed by atoms with E-state index in [1.54, 1.807) is 34.9 Å². The third-order valence-electron chi connectivity index (χ3n) is 5.88. The summed E-state index contributed by atoms with van der Waals surface area (Å²) in [5.41, 5.74) is 1.80. The quantitative estimate of drug-likeness (QED) is 0.208. The average Bonchev–Trinajstić information content (AvgIpc) is 2.87. The Morgan fingerprint density at radius 3 is 2.43 bits per heavy atom. The van der Waals surface area contributed by atoms with E-state index < -0.39 is 0 Å². The maximum atomic E-state index is 13.2. The van der Waals surface area contributed by atoms with Crippen LogP contribution in [0.5, 0.6) is 0 Å². The predicted molar refractivity (Wildman–Crippen MR) is 143 cm³/mol. The first-order valence-corrected chi connectivity index (χ1v) is 13.2. The van der Waals surface area contributed by atoms with Crippen molar-refractivity contribution in [3.8, 4) is 0 Å². The van der Waals surface area contributed by atoms with E-state index in [2.05, 4.69) is 24.1 Å². The van der Waals surface area contributed by atoms with Gasteiger partial charge in [0.15, 0.2) is 10.9 Å². The Balaban J connectivity index is 1.74. The van der Waals surface area contributed by atoms with Gasteiger partial charge < -0.3 is 10.2 Å². The molecule has 1 amide bonds. The molecule has 3 rings (SSSR count). The number of carbonyl (C=O) groups is 2. The molecule has 0 spiro atoms. The molecule has 7 nitrogen and oxygen atoms in total. The molecule has 0 atom stereocenters. The van der Waals surface area contributed by atoms with Gasteiger partial charge in [-0.05, 0) is 68.9 Å². The standard InChI is InChI=1S/C27H34N4O3S/c1-4-10-25(33)28-21-15-13-20(14-16-21)24(32)19-35-27-29-23-12-8-7-11-22(23)26(34)31(27)18-9-17-30(5-2)6-3/h7-8,11-16H,4-6,9-10,17-19H2,1-3H3,(H,28,33). The van der Waals surface area contributed by atoms with E-state index in [9.17, 15) is 14.4 Å². The van der Waals surface area contributed by atoms with Crippen LogP contribution in [0.3, 0.4) is 0 Å². The van der Waals surface area contributed by atoms with Crippen molar-refractivity contribution in [1.29, 1.82) is 0 Å². The van der Waals surface area contributed by atoms with Gasteiger partial charge in [0.05, 0.1) is 16.7 Å². The number of ketones is 1. The molecule has 0 saturated carbocycles. The molecule has 35 heavy (non-hydrogen) atoms. The summed E-state index contributed by atoms with van der Waals surface area (Å²) in [5, 5.41) is 3.98. The highest BCUT2D eigenvalue weighted by atomic mass is 32.2. The lowest BCUT2D eigenvalue weighted by atomic mass is 10.1. The summed E-state index contributed by atoms with van der Waals surface area (Å²) < 4.78 is 1.70. The van der Waals surface area contributed by atoms with Crippen LogP contribution in [-0.2, 0) is 11.3 Å². The van der Waals surface area contributed by atoms with Gasteiger partial charge >= 0.3 is 0 Å². The minimum absolute atomic E-state index is 0.0384. The van der Waals surface area contributed by atoms with Gasteiger partial charge in [0.25, 0.3) is 5.56 Å². The van der Waals surface area contributed by atoms with Crippen molar-refractivity contribution in [1.82, 2.24) is 14.5 Å². The molecule has 0 saturated heterocycles. The van der Waals surface area contributed by atoms with E-state index in [-0.39, 0.29) is 23.0 Å². The number of nitrogens with zero attached hydrogens (tertiary/aromatic N) is 3. The van der Waals surface area contributed by atoms with Crippen LogP contribution in [0.4, 0.5) is 5.69 Å². The van der Waals surface area contributed by atoms with Crippen LogP contribution in [0.1, 0.15) is 50.4 Å². The topological polar surface area (TPSA) is 84.3 Å². The third kappa shape index (κ3) is 7.26. The first-order valence-electron chi connectivity index (χ1n) is 12.2. The molecule has 0 radical (unpaired) electrons. The number of rotatable bonds is 13. The molecule has 2 aromatic carbocycles. The van der Waals surface area contributed by atoms with Gasteiger partial charge in [-0.1, -0.05) is 44.7 Å². The fourth-order valence-electron chi connectivity index (χ4n) is 3.85. The Bertz CT molecular complexity index is 1200. The molecule has 8 heteroatoms. The van der Waals surface area contributed by atoms with E-state index >= 15 is 0 Å². The average molecular weight is 495 g/mol.